The highest BCUT2D eigenvalue weighted by Crippen LogP contribution is 2.11. The summed E-state index contributed by atoms with van der Waals surface area (Å²) in [6, 6.07) is 3.53. The summed E-state index contributed by atoms with van der Waals surface area (Å²) in [7, 11) is 0. The molecule has 2 heterocycles. The van der Waals surface area contributed by atoms with Crippen molar-refractivity contribution in [3.8, 4) is 0 Å². The SMILES string of the molecule is CC(C)c1nc(NCc2ccsc2)cc(=O)[nH]1. The smallest absolute Gasteiger partial charge is 0.252 e. The molecular weight excluding hydrogens is 234 g/mol. The Labute approximate surface area is 104 Å². The van der Waals surface area contributed by atoms with E-state index in [2.05, 4.69) is 20.7 Å². The monoisotopic (exact) mass is 249 g/mol. The molecule has 0 amide bonds. The highest BCUT2D eigenvalue weighted by Gasteiger charge is 2.04. The predicted molar refractivity (Wildman–Crippen MR) is 70.6 cm³/mol. The van der Waals surface area contributed by atoms with Gasteiger partial charge in [-0.2, -0.15) is 11.3 Å². The lowest BCUT2D eigenvalue weighted by Crippen LogP contribution is -2.14. The Morgan fingerprint density at radius 2 is 2.35 bits per heavy atom. The van der Waals surface area contributed by atoms with Crippen molar-refractivity contribution >= 4 is 17.2 Å². The van der Waals surface area contributed by atoms with Crippen LogP contribution in [0, 0.1) is 0 Å². The summed E-state index contributed by atoms with van der Waals surface area (Å²) in [6.07, 6.45) is 0. The van der Waals surface area contributed by atoms with E-state index in [0.29, 0.717) is 18.2 Å². The lowest BCUT2D eigenvalue weighted by Gasteiger charge is -2.08. The number of hydrogen-bond donors (Lipinski definition) is 2. The second-order valence-corrected chi connectivity index (χ2v) is 4.94. The molecule has 0 saturated carbocycles. The minimum atomic E-state index is -0.114. The highest BCUT2D eigenvalue weighted by atomic mass is 32.1. The molecule has 17 heavy (non-hydrogen) atoms. The molecule has 0 bridgehead atoms. The van der Waals surface area contributed by atoms with Gasteiger partial charge in [0.05, 0.1) is 0 Å². The molecule has 2 aromatic rings. The molecule has 0 aliphatic heterocycles. The van der Waals surface area contributed by atoms with Crippen molar-refractivity contribution in [2.75, 3.05) is 5.32 Å². The molecule has 0 aromatic carbocycles. The van der Waals surface area contributed by atoms with Crippen LogP contribution in [0.1, 0.15) is 31.2 Å². The van der Waals surface area contributed by atoms with Gasteiger partial charge in [0.2, 0.25) is 0 Å². The second-order valence-electron chi connectivity index (χ2n) is 4.16. The summed E-state index contributed by atoms with van der Waals surface area (Å²) < 4.78 is 0. The molecule has 0 fully saturated rings. The van der Waals surface area contributed by atoms with Gasteiger partial charge >= 0.3 is 0 Å². The Balaban J connectivity index is 2.13. The molecule has 5 heteroatoms. The van der Waals surface area contributed by atoms with Gasteiger partial charge in [0, 0.05) is 18.5 Å². The minimum absolute atomic E-state index is 0.114. The highest BCUT2D eigenvalue weighted by molar-refractivity contribution is 7.07. The fraction of sp³-hybridized carbons (Fsp3) is 0.333. The Bertz CT molecular complexity index is 531. The second kappa shape index (κ2) is 5.14. The molecule has 0 aliphatic rings. The normalized spacial score (nSPS) is 10.8. The predicted octanol–water partition coefficient (Wildman–Crippen LogP) is 2.57. The molecule has 4 nitrogen and oxygen atoms in total. The van der Waals surface area contributed by atoms with E-state index in [1.54, 1.807) is 11.3 Å². The van der Waals surface area contributed by atoms with E-state index in [4.69, 9.17) is 0 Å². The Kier molecular flexibility index (Phi) is 3.58. The third kappa shape index (κ3) is 3.17. The van der Waals surface area contributed by atoms with Crippen LogP contribution >= 0.6 is 11.3 Å². The molecule has 2 aromatic heterocycles. The van der Waals surface area contributed by atoms with Gasteiger partial charge < -0.3 is 10.3 Å². The summed E-state index contributed by atoms with van der Waals surface area (Å²) in [5.41, 5.74) is 1.08. The Hall–Kier alpha value is -1.62. The zero-order chi connectivity index (χ0) is 12.3. The van der Waals surface area contributed by atoms with Crippen LogP contribution in [0.5, 0.6) is 0 Å². The largest absolute Gasteiger partial charge is 0.366 e. The van der Waals surface area contributed by atoms with Crippen LogP contribution in [-0.2, 0) is 6.54 Å². The number of aromatic amines is 1. The summed E-state index contributed by atoms with van der Waals surface area (Å²) in [4.78, 5) is 18.5. The minimum Gasteiger partial charge on any atom is -0.366 e. The van der Waals surface area contributed by atoms with Crippen molar-refractivity contribution in [3.05, 3.63) is 44.6 Å². The fourth-order valence-corrected chi connectivity index (χ4v) is 2.09. The van der Waals surface area contributed by atoms with E-state index in [0.717, 1.165) is 0 Å². The molecule has 90 valence electrons. The lowest BCUT2D eigenvalue weighted by atomic mass is 10.2. The Morgan fingerprint density at radius 1 is 1.53 bits per heavy atom. The number of thiophene rings is 1. The molecule has 0 radical (unpaired) electrons. The number of hydrogen-bond acceptors (Lipinski definition) is 4. The van der Waals surface area contributed by atoms with Crippen LogP contribution in [0.3, 0.4) is 0 Å². The van der Waals surface area contributed by atoms with Crippen LogP contribution in [0.4, 0.5) is 5.82 Å². The lowest BCUT2D eigenvalue weighted by molar-refractivity contribution is 0.767. The summed E-state index contributed by atoms with van der Waals surface area (Å²) in [5, 5.41) is 7.26. The van der Waals surface area contributed by atoms with Gasteiger partial charge in [0.1, 0.15) is 11.6 Å². The Morgan fingerprint density at radius 3 is 3.00 bits per heavy atom. The van der Waals surface area contributed by atoms with Crippen LogP contribution in [0.2, 0.25) is 0 Å². The maximum absolute atomic E-state index is 11.4. The van der Waals surface area contributed by atoms with Crippen molar-refractivity contribution in [2.24, 2.45) is 0 Å². The number of nitrogens with zero attached hydrogens (tertiary/aromatic N) is 1. The van der Waals surface area contributed by atoms with E-state index in [9.17, 15) is 4.79 Å². The maximum Gasteiger partial charge on any atom is 0.252 e. The van der Waals surface area contributed by atoms with Crippen molar-refractivity contribution in [1.82, 2.24) is 9.97 Å². The van der Waals surface area contributed by atoms with Crippen LogP contribution in [-0.4, -0.2) is 9.97 Å². The third-order valence-corrected chi connectivity index (χ3v) is 3.09. The average Bonchev–Trinajstić information content (AvgIpc) is 2.78. The molecule has 0 atom stereocenters. The van der Waals surface area contributed by atoms with Crippen molar-refractivity contribution < 1.29 is 0 Å². The molecule has 2 N–H and O–H groups in total. The quantitative estimate of drug-likeness (QED) is 0.875. The maximum atomic E-state index is 11.4. The summed E-state index contributed by atoms with van der Waals surface area (Å²) in [6.45, 7) is 4.69. The number of nitrogens with one attached hydrogen (secondary N) is 2. The molecule has 2 rings (SSSR count). The zero-order valence-corrected chi connectivity index (χ0v) is 10.7. The van der Waals surface area contributed by atoms with Crippen molar-refractivity contribution in [1.29, 1.82) is 0 Å². The number of aromatic nitrogens is 2. The third-order valence-electron chi connectivity index (χ3n) is 2.36. The molecule has 0 spiro atoms. The molecule has 0 saturated heterocycles. The van der Waals surface area contributed by atoms with Gasteiger partial charge in [0.25, 0.3) is 5.56 Å². The van der Waals surface area contributed by atoms with Crippen LogP contribution in [0.25, 0.3) is 0 Å². The number of H-pyrrole nitrogens is 1. The van der Waals surface area contributed by atoms with Crippen molar-refractivity contribution in [3.63, 3.8) is 0 Å². The van der Waals surface area contributed by atoms with Crippen LogP contribution < -0.4 is 10.9 Å². The summed E-state index contributed by atoms with van der Waals surface area (Å²) >= 11 is 1.66. The van der Waals surface area contributed by atoms with Gasteiger partial charge in [-0.15, -0.1) is 0 Å². The van der Waals surface area contributed by atoms with Gasteiger partial charge in [-0.1, -0.05) is 13.8 Å². The van der Waals surface area contributed by atoms with E-state index >= 15 is 0 Å². The van der Waals surface area contributed by atoms with Gasteiger partial charge in [-0.25, -0.2) is 4.98 Å². The van der Waals surface area contributed by atoms with E-state index in [1.165, 1.54) is 11.6 Å². The van der Waals surface area contributed by atoms with Gasteiger partial charge in [0.15, 0.2) is 0 Å². The first-order chi connectivity index (χ1) is 8.15. The van der Waals surface area contributed by atoms with Crippen molar-refractivity contribution in [2.45, 2.75) is 26.3 Å². The first-order valence-corrected chi connectivity index (χ1v) is 6.45. The van der Waals surface area contributed by atoms with E-state index < -0.39 is 0 Å². The standard InChI is InChI=1S/C12H15N3OS/c1-8(2)12-14-10(5-11(16)15-12)13-6-9-3-4-17-7-9/h3-5,7-8H,6H2,1-2H3,(H2,13,14,15,16). The summed E-state index contributed by atoms with van der Waals surface area (Å²) in [5.74, 6) is 1.56. The fourth-order valence-electron chi connectivity index (χ4n) is 1.43. The van der Waals surface area contributed by atoms with E-state index in [-0.39, 0.29) is 11.5 Å². The number of anilines is 1. The zero-order valence-electron chi connectivity index (χ0n) is 9.86. The van der Waals surface area contributed by atoms with Crippen LogP contribution in [0.15, 0.2) is 27.7 Å². The topological polar surface area (TPSA) is 57.8 Å². The van der Waals surface area contributed by atoms with E-state index in [1.807, 2.05) is 25.3 Å². The van der Waals surface area contributed by atoms with Gasteiger partial charge in [-0.3, -0.25) is 4.79 Å². The van der Waals surface area contributed by atoms with Gasteiger partial charge in [-0.05, 0) is 22.4 Å². The molecular formula is C12H15N3OS. The number of rotatable bonds is 4. The first kappa shape index (κ1) is 11.9. The molecule has 0 aliphatic carbocycles. The molecule has 0 unspecified atom stereocenters. The first-order valence-electron chi connectivity index (χ1n) is 5.51. The average molecular weight is 249 g/mol.